The van der Waals surface area contributed by atoms with Crippen molar-refractivity contribution in [2.75, 3.05) is 11.5 Å². The zero-order valence-electron chi connectivity index (χ0n) is 13.9. The Balaban J connectivity index is 1.76. The minimum Gasteiger partial charge on any atom is -0.457 e. The molecule has 0 spiro atoms. The number of carbonyl (C=O) groups excluding carboxylic acids is 2. The predicted octanol–water partition coefficient (Wildman–Crippen LogP) is 3.31. The summed E-state index contributed by atoms with van der Waals surface area (Å²) < 4.78 is 24.3. The van der Waals surface area contributed by atoms with Crippen LogP contribution in [0.1, 0.15) is 29.8 Å². The lowest BCUT2D eigenvalue weighted by molar-refractivity contribution is 0.0466. The molecule has 1 fully saturated rings. The molecule has 0 atom stereocenters. The van der Waals surface area contributed by atoms with Gasteiger partial charge in [0.05, 0.1) is 5.54 Å². The number of pyridine rings is 1. The van der Waals surface area contributed by atoms with E-state index >= 15 is 0 Å². The van der Waals surface area contributed by atoms with Crippen molar-refractivity contribution >= 4 is 17.9 Å². The highest BCUT2D eigenvalue weighted by Gasteiger charge is 2.42. The van der Waals surface area contributed by atoms with Crippen LogP contribution in [-0.2, 0) is 16.1 Å². The summed E-state index contributed by atoms with van der Waals surface area (Å²) in [5.74, 6) is -1.72. The number of benzene rings is 1. The first-order valence-corrected chi connectivity index (χ1v) is 7.73. The average molecular weight is 344 g/mol. The highest BCUT2D eigenvalue weighted by Crippen LogP contribution is 2.29. The number of hydrogen-bond acceptors (Lipinski definition) is 5. The van der Waals surface area contributed by atoms with E-state index in [9.17, 15) is 14.0 Å². The normalized spacial score (nSPS) is 15.8. The maximum atomic E-state index is 14.3. The van der Waals surface area contributed by atoms with Crippen LogP contribution in [0.4, 0.5) is 15.0 Å². The third-order valence-electron chi connectivity index (χ3n) is 3.83. The number of cyclic esters (lactones) is 1. The van der Waals surface area contributed by atoms with E-state index in [1.807, 2.05) is 18.2 Å². The van der Waals surface area contributed by atoms with E-state index in [0.717, 1.165) is 5.56 Å². The zero-order chi connectivity index (χ0) is 18.0. The van der Waals surface area contributed by atoms with Crippen LogP contribution in [0.5, 0.6) is 0 Å². The minimum atomic E-state index is -0.994. The second kappa shape index (κ2) is 6.51. The lowest BCUT2D eigenvalue weighted by atomic mass is 10.1. The first kappa shape index (κ1) is 16.9. The molecule has 0 unspecified atom stereocenters. The van der Waals surface area contributed by atoms with Gasteiger partial charge in [-0.05, 0) is 31.5 Å². The van der Waals surface area contributed by atoms with Crippen LogP contribution >= 0.6 is 0 Å². The summed E-state index contributed by atoms with van der Waals surface area (Å²) in [6.07, 6.45) is -0.601. The Morgan fingerprint density at radius 2 is 2.00 bits per heavy atom. The van der Waals surface area contributed by atoms with Crippen LogP contribution in [0.3, 0.4) is 0 Å². The maximum absolute atomic E-state index is 14.3. The van der Waals surface area contributed by atoms with Crippen LogP contribution in [0.25, 0.3) is 0 Å². The molecule has 1 aliphatic heterocycles. The molecule has 2 heterocycles. The third kappa shape index (κ3) is 3.45. The highest BCUT2D eigenvalue weighted by atomic mass is 19.1. The second-order valence-corrected chi connectivity index (χ2v) is 6.27. The number of carbonyl (C=O) groups is 2. The average Bonchev–Trinajstić information content (AvgIpc) is 2.86. The number of nitrogens with zero attached hydrogens (tertiary/aromatic N) is 2. The van der Waals surface area contributed by atoms with E-state index in [0.29, 0.717) is 0 Å². The quantitative estimate of drug-likeness (QED) is 0.629. The zero-order valence-corrected chi connectivity index (χ0v) is 13.9. The summed E-state index contributed by atoms with van der Waals surface area (Å²) in [5, 5.41) is 0. The van der Waals surface area contributed by atoms with Crippen molar-refractivity contribution in [2.24, 2.45) is 0 Å². The number of rotatable bonds is 4. The van der Waals surface area contributed by atoms with Crippen LogP contribution in [0.2, 0.25) is 0 Å². The molecule has 0 bridgehead atoms. The lowest BCUT2D eigenvalue weighted by Crippen LogP contribution is -2.42. The minimum absolute atomic E-state index is 0.0341. The van der Waals surface area contributed by atoms with Crippen molar-refractivity contribution in [1.29, 1.82) is 0 Å². The predicted molar refractivity (Wildman–Crippen MR) is 87.7 cm³/mol. The topological polar surface area (TPSA) is 68.7 Å². The number of anilines is 1. The van der Waals surface area contributed by atoms with Crippen molar-refractivity contribution < 1.29 is 23.5 Å². The van der Waals surface area contributed by atoms with Gasteiger partial charge in [-0.1, -0.05) is 30.3 Å². The number of hydrogen-bond donors (Lipinski definition) is 0. The Morgan fingerprint density at radius 1 is 1.28 bits per heavy atom. The summed E-state index contributed by atoms with van der Waals surface area (Å²) >= 11 is 0. The fourth-order valence-corrected chi connectivity index (χ4v) is 2.52. The Bertz CT molecular complexity index is 808. The lowest BCUT2D eigenvalue weighted by Gasteiger charge is -2.26. The van der Waals surface area contributed by atoms with Crippen LogP contribution in [0, 0.1) is 5.95 Å². The van der Waals surface area contributed by atoms with Gasteiger partial charge in [-0.3, -0.25) is 4.90 Å². The molecule has 3 rings (SSSR count). The number of esters is 1. The standard InChI is InChI=1S/C18H17FN2O4/c1-18(2)11-25-17(23)21(18)14-9-8-13(15(19)20-14)16(22)24-10-12-6-4-3-5-7-12/h3-9H,10-11H2,1-2H3. The molecule has 0 aliphatic carbocycles. The Kier molecular flexibility index (Phi) is 4.39. The maximum Gasteiger partial charge on any atom is 0.416 e. The fraction of sp³-hybridized carbons (Fsp3) is 0.278. The van der Waals surface area contributed by atoms with Gasteiger partial charge in [0.2, 0.25) is 5.95 Å². The molecule has 130 valence electrons. The highest BCUT2D eigenvalue weighted by molar-refractivity contribution is 5.92. The summed E-state index contributed by atoms with van der Waals surface area (Å²) in [7, 11) is 0. The molecular formula is C18H17FN2O4. The summed E-state index contributed by atoms with van der Waals surface area (Å²) in [4.78, 5) is 28.9. The van der Waals surface area contributed by atoms with E-state index in [-0.39, 0.29) is 24.6 Å². The Morgan fingerprint density at radius 3 is 2.60 bits per heavy atom. The summed E-state index contributed by atoms with van der Waals surface area (Å²) in [6, 6.07) is 11.7. The van der Waals surface area contributed by atoms with E-state index < -0.39 is 23.5 Å². The molecule has 0 N–H and O–H groups in total. The molecule has 1 aliphatic rings. The van der Waals surface area contributed by atoms with Gasteiger partial charge in [0.15, 0.2) is 0 Å². The number of ether oxygens (including phenoxy) is 2. The van der Waals surface area contributed by atoms with Crippen molar-refractivity contribution in [3.05, 3.63) is 59.5 Å². The number of aromatic nitrogens is 1. The fourth-order valence-electron chi connectivity index (χ4n) is 2.52. The van der Waals surface area contributed by atoms with Gasteiger partial charge in [0, 0.05) is 0 Å². The first-order valence-electron chi connectivity index (χ1n) is 7.73. The molecule has 1 aromatic heterocycles. The van der Waals surface area contributed by atoms with Crippen molar-refractivity contribution in [1.82, 2.24) is 4.98 Å². The van der Waals surface area contributed by atoms with Crippen LogP contribution < -0.4 is 4.90 Å². The van der Waals surface area contributed by atoms with E-state index in [1.54, 1.807) is 26.0 Å². The van der Waals surface area contributed by atoms with Gasteiger partial charge in [0.1, 0.15) is 24.6 Å². The Labute approximate surface area is 144 Å². The molecule has 25 heavy (non-hydrogen) atoms. The van der Waals surface area contributed by atoms with E-state index in [4.69, 9.17) is 9.47 Å². The molecular weight excluding hydrogens is 327 g/mol. The SMILES string of the molecule is CC1(C)COC(=O)N1c1ccc(C(=O)OCc2ccccc2)c(F)n1. The smallest absolute Gasteiger partial charge is 0.416 e. The molecule has 0 radical (unpaired) electrons. The molecule has 1 amide bonds. The van der Waals surface area contributed by atoms with Gasteiger partial charge in [-0.15, -0.1) is 0 Å². The Hall–Kier alpha value is -2.96. The van der Waals surface area contributed by atoms with Crippen LogP contribution in [0.15, 0.2) is 42.5 Å². The molecule has 1 aromatic carbocycles. The summed E-state index contributed by atoms with van der Waals surface area (Å²) in [5.41, 5.74) is -0.140. The van der Waals surface area contributed by atoms with Crippen LogP contribution in [-0.4, -0.2) is 29.2 Å². The molecule has 6 nitrogen and oxygen atoms in total. The number of halogens is 1. The summed E-state index contributed by atoms with van der Waals surface area (Å²) in [6.45, 7) is 3.77. The molecule has 7 heteroatoms. The van der Waals surface area contributed by atoms with Crippen molar-refractivity contribution in [3.63, 3.8) is 0 Å². The van der Waals surface area contributed by atoms with Gasteiger partial charge in [0.25, 0.3) is 0 Å². The molecule has 0 saturated carbocycles. The van der Waals surface area contributed by atoms with Gasteiger partial charge < -0.3 is 9.47 Å². The molecule has 1 saturated heterocycles. The first-order chi connectivity index (χ1) is 11.9. The van der Waals surface area contributed by atoms with E-state index in [2.05, 4.69) is 4.98 Å². The van der Waals surface area contributed by atoms with Gasteiger partial charge in [-0.2, -0.15) is 4.39 Å². The van der Waals surface area contributed by atoms with Crippen molar-refractivity contribution in [2.45, 2.75) is 26.0 Å². The van der Waals surface area contributed by atoms with Crippen molar-refractivity contribution in [3.8, 4) is 0 Å². The van der Waals surface area contributed by atoms with Gasteiger partial charge >= 0.3 is 12.1 Å². The second-order valence-electron chi connectivity index (χ2n) is 6.27. The largest absolute Gasteiger partial charge is 0.457 e. The third-order valence-corrected chi connectivity index (χ3v) is 3.83. The number of amides is 1. The van der Waals surface area contributed by atoms with E-state index in [1.165, 1.54) is 17.0 Å². The monoisotopic (exact) mass is 344 g/mol. The molecule has 2 aromatic rings. The van der Waals surface area contributed by atoms with Gasteiger partial charge in [-0.25, -0.2) is 14.6 Å².